The van der Waals surface area contributed by atoms with Crippen LogP contribution in [0.4, 0.5) is 11.5 Å². The molecule has 7 heteroatoms. The minimum Gasteiger partial charge on any atom is -0.337 e. The molecule has 1 aliphatic carbocycles. The Hall–Kier alpha value is -2.73. The Balaban J connectivity index is 1.48. The molecule has 0 spiro atoms. The molecule has 1 aromatic carbocycles. The third-order valence-corrected chi connectivity index (χ3v) is 4.81. The number of aromatic nitrogens is 4. The maximum atomic E-state index is 6.15. The summed E-state index contributed by atoms with van der Waals surface area (Å²) in [5.41, 5.74) is 2.23. The molecule has 0 amide bonds. The van der Waals surface area contributed by atoms with Gasteiger partial charge in [-0.1, -0.05) is 17.7 Å². The maximum absolute atomic E-state index is 6.15. The number of nitrogens with one attached hydrogen (secondary N) is 2. The number of halogens is 1. The van der Waals surface area contributed by atoms with E-state index >= 15 is 0 Å². The number of H-pyrrole nitrogens is 1. The van der Waals surface area contributed by atoms with Gasteiger partial charge in [-0.05, 0) is 31.0 Å². The van der Waals surface area contributed by atoms with Gasteiger partial charge in [0, 0.05) is 47.0 Å². The lowest BCUT2D eigenvalue weighted by molar-refractivity contribution is 0.805. The molecule has 5 rings (SSSR count). The first-order valence-corrected chi connectivity index (χ1v) is 8.73. The lowest BCUT2D eigenvalue weighted by Crippen LogP contribution is -2.27. The van der Waals surface area contributed by atoms with Gasteiger partial charge in [0.2, 0.25) is 0 Å². The molecule has 2 aromatic heterocycles. The molecule has 126 valence electrons. The zero-order chi connectivity index (χ0) is 16.8. The number of aromatic amines is 1. The van der Waals surface area contributed by atoms with Crippen LogP contribution < -0.4 is 10.2 Å². The zero-order valence-corrected chi connectivity index (χ0v) is 14.2. The SMILES string of the molecule is Clc1cccc(N2C=C(Nc3cc(C4CC4)[nH]n3)n3ccnc3C2)c1. The van der Waals surface area contributed by atoms with E-state index in [4.69, 9.17) is 11.6 Å². The Morgan fingerprint density at radius 1 is 1.24 bits per heavy atom. The average Bonchev–Trinajstić information content (AvgIpc) is 3.16. The second-order valence-electron chi connectivity index (χ2n) is 6.44. The Kier molecular flexibility index (Phi) is 3.31. The minimum absolute atomic E-state index is 0.648. The van der Waals surface area contributed by atoms with Crippen molar-refractivity contribution < 1.29 is 0 Å². The summed E-state index contributed by atoms with van der Waals surface area (Å²) in [7, 11) is 0. The topological polar surface area (TPSA) is 61.8 Å². The van der Waals surface area contributed by atoms with Gasteiger partial charge >= 0.3 is 0 Å². The molecule has 0 atom stereocenters. The van der Waals surface area contributed by atoms with Crippen molar-refractivity contribution in [3.05, 3.63) is 65.5 Å². The molecule has 3 heterocycles. The first kappa shape index (κ1) is 14.6. The molecule has 0 radical (unpaired) electrons. The van der Waals surface area contributed by atoms with Gasteiger partial charge < -0.3 is 10.2 Å². The van der Waals surface area contributed by atoms with Crippen LogP contribution in [0.2, 0.25) is 5.02 Å². The van der Waals surface area contributed by atoms with E-state index in [9.17, 15) is 0 Å². The normalized spacial score (nSPS) is 16.5. The van der Waals surface area contributed by atoms with Crippen molar-refractivity contribution in [3.8, 4) is 0 Å². The predicted molar refractivity (Wildman–Crippen MR) is 98.3 cm³/mol. The summed E-state index contributed by atoms with van der Waals surface area (Å²) in [6.07, 6.45) is 8.33. The molecule has 0 saturated heterocycles. The second-order valence-corrected chi connectivity index (χ2v) is 6.88. The maximum Gasteiger partial charge on any atom is 0.153 e. The number of benzene rings is 1. The molecule has 1 fully saturated rings. The van der Waals surface area contributed by atoms with Gasteiger partial charge in [-0.15, -0.1) is 0 Å². The lowest BCUT2D eigenvalue weighted by atomic mass is 10.2. The van der Waals surface area contributed by atoms with E-state index in [1.165, 1.54) is 18.5 Å². The predicted octanol–water partition coefficient (Wildman–Crippen LogP) is 4.03. The fourth-order valence-corrected chi connectivity index (χ4v) is 3.31. The summed E-state index contributed by atoms with van der Waals surface area (Å²) in [6.45, 7) is 0.687. The van der Waals surface area contributed by atoms with Crippen molar-refractivity contribution in [2.24, 2.45) is 0 Å². The first-order valence-electron chi connectivity index (χ1n) is 8.35. The fraction of sp³-hybridized carbons (Fsp3) is 0.222. The summed E-state index contributed by atoms with van der Waals surface area (Å²) in [6, 6.07) is 9.91. The molecule has 0 unspecified atom stereocenters. The van der Waals surface area contributed by atoms with Crippen molar-refractivity contribution in [2.45, 2.75) is 25.3 Å². The fourth-order valence-electron chi connectivity index (χ4n) is 3.13. The third-order valence-electron chi connectivity index (χ3n) is 4.58. The Morgan fingerprint density at radius 2 is 2.16 bits per heavy atom. The molecule has 25 heavy (non-hydrogen) atoms. The van der Waals surface area contributed by atoms with E-state index in [-0.39, 0.29) is 0 Å². The standard InChI is InChI=1S/C18H17ClN6/c19-13-2-1-3-14(8-13)24-10-17-20-6-7-25(17)18(11-24)21-16-9-15(22-23-16)12-4-5-12/h1-3,6-9,11-12H,4-5,10H2,(H2,21,22,23). The summed E-state index contributed by atoms with van der Waals surface area (Å²) in [5.74, 6) is 3.34. The molecule has 6 nitrogen and oxygen atoms in total. The van der Waals surface area contributed by atoms with Gasteiger partial charge in [-0.2, -0.15) is 5.10 Å². The van der Waals surface area contributed by atoms with E-state index in [1.54, 1.807) is 0 Å². The van der Waals surface area contributed by atoms with E-state index in [0.29, 0.717) is 12.5 Å². The quantitative estimate of drug-likeness (QED) is 0.744. The number of rotatable bonds is 4. The zero-order valence-electron chi connectivity index (χ0n) is 13.5. The number of hydrogen-bond acceptors (Lipinski definition) is 4. The molecule has 2 aliphatic rings. The Labute approximate surface area is 150 Å². The van der Waals surface area contributed by atoms with Crippen LogP contribution in [-0.4, -0.2) is 19.7 Å². The highest BCUT2D eigenvalue weighted by molar-refractivity contribution is 6.30. The average molecular weight is 353 g/mol. The number of anilines is 2. The van der Waals surface area contributed by atoms with E-state index in [2.05, 4.69) is 37.7 Å². The third kappa shape index (κ3) is 2.78. The van der Waals surface area contributed by atoms with Crippen molar-refractivity contribution >= 4 is 28.9 Å². The summed E-state index contributed by atoms with van der Waals surface area (Å²) < 4.78 is 2.05. The van der Waals surface area contributed by atoms with Crippen molar-refractivity contribution in [2.75, 3.05) is 10.2 Å². The van der Waals surface area contributed by atoms with Gasteiger partial charge in [0.1, 0.15) is 11.6 Å². The van der Waals surface area contributed by atoms with Gasteiger partial charge in [-0.3, -0.25) is 9.67 Å². The summed E-state index contributed by atoms with van der Waals surface area (Å²) in [4.78, 5) is 6.60. The lowest BCUT2D eigenvalue weighted by Gasteiger charge is -2.28. The number of hydrogen-bond donors (Lipinski definition) is 2. The largest absolute Gasteiger partial charge is 0.337 e. The molecule has 2 N–H and O–H groups in total. The van der Waals surface area contributed by atoms with Crippen molar-refractivity contribution in [1.29, 1.82) is 0 Å². The highest BCUT2D eigenvalue weighted by Gasteiger charge is 2.26. The number of fused-ring (bicyclic) bond motifs is 1. The first-order chi connectivity index (χ1) is 12.3. The minimum atomic E-state index is 0.648. The smallest absolute Gasteiger partial charge is 0.153 e. The van der Waals surface area contributed by atoms with Crippen LogP contribution in [0.3, 0.4) is 0 Å². The van der Waals surface area contributed by atoms with Crippen LogP contribution >= 0.6 is 11.6 Å². The molecular formula is C18H17ClN6. The van der Waals surface area contributed by atoms with E-state index < -0.39 is 0 Å². The molecule has 0 bridgehead atoms. The van der Waals surface area contributed by atoms with Crippen LogP contribution in [-0.2, 0) is 6.54 Å². The summed E-state index contributed by atoms with van der Waals surface area (Å²) in [5, 5.41) is 11.6. The highest BCUT2D eigenvalue weighted by Crippen LogP contribution is 2.39. The Bertz CT molecular complexity index is 952. The van der Waals surface area contributed by atoms with Crippen LogP contribution in [0.5, 0.6) is 0 Å². The van der Waals surface area contributed by atoms with Crippen LogP contribution in [0.25, 0.3) is 5.82 Å². The molecule has 3 aromatic rings. The second kappa shape index (κ2) is 5.67. The Morgan fingerprint density at radius 3 is 3.00 bits per heavy atom. The van der Waals surface area contributed by atoms with Gasteiger partial charge in [0.15, 0.2) is 5.82 Å². The van der Waals surface area contributed by atoms with E-state index in [0.717, 1.165) is 28.2 Å². The van der Waals surface area contributed by atoms with Crippen molar-refractivity contribution in [1.82, 2.24) is 19.7 Å². The van der Waals surface area contributed by atoms with Gasteiger partial charge in [0.25, 0.3) is 0 Å². The van der Waals surface area contributed by atoms with Crippen LogP contribution in [0.15, 0.2) is 48.9 Å². The van der Waals surface area contributed by atoms with E-state index in [1.807, 2.05) is 41.2 Å². The molecular weight excluding hydrogens is 336 g/mol. The van der Waals surface area contributed by atoms with Crippen LogP contribution in [0.1, 0.15) is 30.3 Å². The molecule has 1 saturated carbocycles. The number of nitrogens with zero attached hydrogens (tertiary/aromatic N) is 4. The van der Waals surface area contributed by atoms with Crippen LogP contribution in [0, 0.1) is 0 Å². The summed E-state index contributed by atoms with van der Waals surface area (Å²) >= 11 is 6.15. The van der Waals surface area contributed by atoms with Gasteiger partial charge in [0.05, 0.1) is 6.54 Å². The van der Waals surface area contributed by atoms with Crippen molar-refractivity contribution in [3.63, 3.8) is 0 Å². The number of imidazole rings is 1. The highest BCUT2D eigenvalue weighted by atomic mass is 35.5. The monoisotopic (exact) mass is 352 g/mol. The van der Waals surface area contributed by atoms with Gasteiger partial charge in [-0.25, -0.2) is 4.98 Å². The molecule has 1 aliphatic heterocycles.